The Morgan fingerprint density at radius 2 is 1.27 bits per heavy atom. The Bertz CT molecular complexity index is 1050. The summed E-state index contributed by atoms with van der Waals surface area (Å²) < 4.78 is 5.27. The SMILES string of the molecule is CN(C)C=O.O=C1OC(c2ccccc2)=N/C1=C\c1ccc(-c2ccccc2)cc1. The van der Waals surface area contributed by atoms with Gasteiger partial charge in [0.25, 0.3) is 0 Å². The van der Waals surface area contributed by atoms with Crippen molar-refractivity contribution in [3.63, 3.8) is 0 Å². The minimum atomic E-state index is -0.425. The molecule has 1 amide bonds. The van der Waals surface area contributed by atoms with Crippen LogP contribution in [0.5, 0.6) is 0 Å². The molecule has 0 aliphatic carbocycles. The highest BCUT2D eigenvalue weighted by molar-refractivity contribution is 6.12. The fraction of sp³-hybridized carbons (Fsp3) is 0.0800. The van der Waals surface area contributed by atoms with Crippen molar-refractivity contribution in [2.75, 3.05) is 14.1 Å². The van der Waals surface area contributed by atoms with E-state index >= 15 is 0 Å². The molecule has 0 N–H and O–H groups in total. The Morgan fingerprint density at radius 3 is 1.80 bits per heavy atom. The van der Waals surface area contributed by atoms with Crippen LogP contribution in [0.25, 0.3) is 17.2 Å². The Hall–Kier alpha value is -3.99. The van der Waals surface area contributed by atoms with E-state index in [1.807, 2.05) is 72.8 Å². The first kappa shape index (κ1) is 20.7. The fourth-order valence-corrected chi connectivity index (χ4v) is 2.67. The van der Waals surface area contributed by atoms with Gasteiger partial charge in [-0.05, 0) is 34.9 Å². The van der Waals surface area contributed by atoms with Gasteiger partial charge in [-0.3, -0.25) is 4.79 Å². The van der Waals surface area contributed by atoms with Crippen molar-refractivity contribution in [3.05, 3.63) is 102 Å². The van der Waals surface area contributed by atoms with E-state index in [1.54, 1.807) is 20.2 Å². The molecule has 0 saturated heterocycles. The van der Waals surface area contributed by atoms with Crippen molar-refractivity contribution in [3.8, 4) is 11.1 Å². The van der Waals surface area contributed by atoms with Gasteiger partial charge in [-0.15, -0.1) is 0 Å². The molecule has 0 radical (unpaired) electrons. The van der Waals surface area contributed by atoms with Crippen LogP contribution in [0.3, 0.4) is 0 Å². The van der Waals surface area contributed by atoms with Crippen LogP contribution in [0.1, 0.15) is 11.1 Å². The summed E-state index contributed by atoms with van der Waals surface area (Å²) in [5.74, 6) is -0.0799. The number of nitrogens with zero attached hydrogens (tertiary/aromatic N) is 2. The highest BCUT2D eigenvalue weighted by atomic mass is 16.6. The Balaban J connectivity index is 0.000000461. The van der Waals surface area contributed by atoms with E-state index in [0.29, 0.717) is 11.6 Å². The largest absolute Gasteiger partial charge is 0.402 e. The molecule has 0 bridgehead atoms. The van der Waals surface area contributed by atoms with Crippen molar-refractivity contribution in [1.82, 2.24) is 4.90 Å². The molecule has 0 unspecified atom stereocenters. The van der Waals surface area contributed by atoms with Gasteiger partial charge in [0.1, 0.15) is 0 Å². The van der Waals surface area contributed by atoms with Gasteiger partial charge in [0.05, 0.1) is 0 Å². The second-order valence-corrected chi connectivity index (χ2v) is 6.76. The zero-order chi connectivity index (χ0) is 21.3. The van der Waals surface area contributed by atoms with Gasteiger partial charge in [-0.2, -0.15) is 0 Å². The maximum atomic E-state index is 12.0. The van der Waals surface area contributed by atoms with Gasteiger partial charge in [0.15, 0.2) is 5.70 Å². The average Bonchev–Trinajstić information content (AvgIpc) is 3.16. The molecule has 30 heavy (non-hydrogen) atoms. The van der Waals surface area contributed by atoms with Gasteiger partial charge in [0.2, 0.25) is 12.3 Å². The molecule has 0 fully saturated rings. The third kappa shape index (κ3) is 5.52. The minimum absolute atomic E-state index is 0.311. The summed E-state index contributed by atoms with van der Waals surface area (Å²) in [7, 11) is 3.38. The smallest absolute Gasteiger partial charge is 0.363 e. The van der Waals surface area contributed by atoms with E-state index in [9.17, 15) is 9.59 Å². The number of carbonyl (C=O) groups excluding carboxylic acids is 2. The van der Waals surface area contributed by atoms with Crippen LogP contribution in [0.4, 0.5) is 0 Å². The molecular weight excluding hydrogens is 376 g/mol. The summed E-state index contributed by atoms with van der Waals surface area (Å²) in [6.45, 7) is 0. The fourth-order valence-electron chi connectivity index (χ4n) is 2.67. The van der Waals surface area contributed by atoms with Crippen molar-refractivity contribution < 1.29 is 14.3 Å². The molecule has 0 spiro atoms. The van der Waals surface area contributed by atoms with Crippen LogP contribution in [0.2, 0.25) is 0 Å². The van der Waals surface area contributed by atoms with E-state index in [1.165, 1.54) is 4.90 Å². The third-order valence-electron chi connectivity index (χ3n) is 4.17. The number of amides is 1. The summed E-state index contributed by atoms with van der Waals surface area (Å²) in [6, 6.07) is 27.6. The highest BCUT2D eigenvalue weighted by Crippen LogP contribution is 2.22. The number of cyclic esters (lactones) is 1. The zero-order valence-electron chi connectivity index (χ0n) is 16.9. The van der Waals surface area contributed by atoms with Crippen molar-refractivity contribution in [1.29, 1.82) is 0 Å². The predicted molar refractivity (Wildman–Crippen MR) is 119 cm³/mol. The first-order valence-electron chi connectivity index (χ1n) is 9.42. The highest BCUT2D eigenvalue weighted by Gasteiger charge is 2.23. The number of esters is 1. The van der Waals surface area contributed by atoms with Crippen molar-refractivity contribution >= 4 is 24.4 Å². The molecule has 150 valence electrons. The second kappa shape index (κ2) is 9.98. The van der Waals surface area contributed by atoms with Gasteiger partial charge in [0, 0.05) is 19.7 Å². The summed E-state index contributed by atoms with van der Waals surface area (Å²) in [5.41, 5.74) is 4.30. The number of ether oxygens (including phenoxy) is 1. The maximum absolute atomic E-state index is 12.0. The zero-order valence-corrected chi connectivity index (χ0v) is 16.9. The first-order valence-corrected chi connectivity index (χ1v) is 9.42. The maximum Gasteiger partial charge on any atom is 0.363 e. The number of hydrogen-bond donors (Lipinski definition) is 0. The van der Waals surface area contributed by atoms with Crippen LogP contribution in [0.15, 0.2) is 95.6 Å². The quantitative estimate of drug-likeness (QED) is 0.372. The summed E-state index contributed by atoms with van der Waals surface area (Å²) >= 11 is 0. The normalized spacial score (nSPS) is 13.7. The van der Waals surface area contributed by atoms with E-state index < -0.39 is 5.97 Å². The third-order valence-corrected chi connectivity index (χ3v) is 4.17. The predicted octanol–water partition coefficient (Wildman–Crippen LogP) is 4.40. The number of benzene rings is 3. The molecule has 0 aromatic heterocycles. The van der Waals surface area contributed by atoms with Crippen LogP contribution in [-0.4, -0.2) is 37.3 Å². The van der Waals surface area contributed by atoms with E-state index in [0.717, 1.165) is 28.7 Å². The molecule has 3 aromatic carbocycles. The lowest BCUT2D eigenvalue weighted by molar-refractivity contribution is -0.129. The number of hydrogen-bond acceptors (Lipinski definition) is 4. The molecule has 1 aliphatic heterocycles. The first-order chi connectivity index (χ1) is 14.6. The molecule has 4 rings (SSSR count). The molecule has 0 saturated carbocycles. The average molecular weight is 398 g/mol. The van der Waals surface area contributed by atoms with Gasteiger partial charge in [-0.25, -0.2) is 9.79 Å². The van der Waals surface area contributed by atoms with Crippen molar-refractivity contribution in [2.24, 2.45) is 4.99 Å². The van der Waals surface area contributed by atoms with E-state index in [-0.39, 0.29) is 0 Å². The number of aliphatic imine (C=N–C) groups is 1. The van der Waals surface area contributed by atoms with Gasteiger partial charge in [-0.1, -0.05) is 72.8 Å². The lowest BCUT2D eigenvalue weighted by Gasteiger charge is -2.01. The minimum Gasteiger partial charge on any atom is -0.402 e. The van der Waals surface area contributed by atoms with Crippen molar-refractivity contribution in [2.45, 2.75) is 0 Å². The summed E-state index contributed by atoms with van der Waals surface area (Å²) in [5, 5.41) is 0. The number of rotatable bonds is 4. The topological polar surface area (TPSA) is 59.0 Å². The number of carbonyl (C=O) groups is 2. The van der Waals surface area contributed by atoms with E-state index in [4.69, 9.17) is 4.74 Å². The Kier molecular flexibility index (Phi) is 6.90. The Labute approximate surface area is 176 Å². The Morgan fingerprint density at radius 1 is 0.767 bits per heavy atom. The molecule has 5 heteroatoms. The summed E-state index contributed by atoms with van der Waals surface area (Å²) in [4.78, 5) is 27.2. The van der Waals surface area contributed by atoms with Crippen LogP contribution in [-0.2, 0) is 14.3 Å². The molecule has 5 nitrogen and oxygen atoms in total. The molecule has 1 aliphatic rings. The summed E-state index contributed by atoms with van der Waals surface area (Å²) in [6.07, 6.45) is 2.49. The van der Waals surface area contributed by atoms with E-state index in [2.05, 4.69) is 17.1 Å². The lowest BCUT2D eigenvalue weighted by atomic mass is 10.0. The molecule has 0 atom stereocenters. The van der Waals surface area contributed by atoms with Crippen LogP contribution in [0, 0.1) is 0 Å². The lowest BCUT2D eigenvalue weighted by Crippen LogP contribution is -2.06. The van der Waals surface area contributed by atoms with Crippen LogP contribution < -0.4 is 0 Å². The van der Waals surface area contributed by atoms with Gasteiger partial charge >= 0.3 is 5.97 Å². The van der Waals surface area contributed by atoms with Gasteiger partial charge < -0.3 is 9.64 Å². The second-order valence-electron chi connectivity index (χ2n) is 6.76. The molecule has 3 aromatic rings. The molecular formula is C25H22N2O3. The molecule has 1 heterocycles. The monoisotopic (exact) mass is 398 g/mol. The standard InChI is InChI=1S/C22H15NO2.C3H7NO/c24-22-20(23-21(25-22)19-9-5-2-6-10-19)15-16-11-13-18(14-12-16)17-7-3-1-4-8-17;1-4(2)3-5/h1-15H;3H,1-2H3/b20-15-;. The van der Waals surface area contributed by atoms with Crippen LogP contribution >= 0.6 is 0 Å².